The summed E-state index contributed by atoms with van der Waals surface area (Å²) in [5, 5.41) is 0.789. The third-order valence-electron chi connectivity index (χ3n) is 6.01. The number of nitrogens with one attached hydrogen (secondary N) is 1. The number of aryl methyl sites for hydroxylation is 3. The van der Waals surface area contributed by atoms with Crippen LogP contribution in [0.4, 0.5) is 0 Å². The van der Waals surface area contributed by atoms with E-state index in [0.29, 0.717) is 17.6 Å². The largest absolute Gasteiger partial charge is 0.425 e. The summed E-state index contributed by atoms with van der Waals surface area (Å²) in [5.74, 6) is -0.820. The minimum Gasteiger partial charge on any atom is -0.425 e. The Labute approximate surface area is 200 Å². The number of fused-ring (bicyclic) bond motifs is 1. The Morgan fingerprint density at radius 1 is 1.09 bits per heavy atom. The number of benzene rings is 2. The molecular formula is C26H31NO6S. The minimum atomic E-state index is -3.94. The van der Waals surface area contributed by atoms with Crippen LogP contribution in [0.15, 0.2) is 56.6 Å². The highest BCUT2D eigenvalue weighted by molar-refractivity contribution is 7.89. The molecule has 8 heteroatoms. The molecule has 2 atom stereocenters. The molecule has 182 valence electrons. The van der Waals surface area contributed by atoms with Gasteiger partial charge < -0.3 is 9.15 Å². The molecular weight excluding hydrogens is 454 g/mol. The lowest BCUT2D eigenvalue weighted by molar-refractivity contribution is -0.137. The van der Waals surface area contributed by atoms with Crippen LogP contribution in [-0.4, -0.2) is 20.4 Å². The van der Waals surface area contributed by atoms with Crippen LogP contribution < -0.4 is 15.1 Å². The van der Waals surface area contributed by atoms with Gasteiger partial charge in [0.2, 0.25) is 10.0 Å². The molecule has 0 saturated carbocycles. The van der Waals surface area contributed by atoms with E-state index in [1.54, 1.807) is 38.1 Å². The van der Waals surface area contributed by atoms with Crippen LogP contribution in [-0.2, 0) is 21.2 Å². The molecule has 0 bridgehead atoms. The predicted molar refractivity (Wildman–Crippen MR) is 132 cm³/mol. The van der Waals surface area contributed by atoms with Crippen molar-refractivity contribution in [2.24, 2.45) is 5.92 Å². The van der Waals surface area contributed by atoms with Gasteiger partial charge in [-0.05, 0) is 56.0 Å². The highest BCUT2D eigenvalue weighted by Gasteiger charge is 2.32. The molecule has 0 spiro atoms. The zero-order chi connectivity index (χ0) is 25.0. The number of hydrogen-bond acceptors (Lipinski definition) is 6. The highest BCUT2D eigenvalue weighted by atomic mass is 32.2. The van der Waals surface area contributed by atoms with Crippen molar-refractivity contribution in [3.05, 3.63) is 69.6 Å². The second-order valence-corrected chi connectivity index (χ2v) is 10.3. The number of hydrogen-bond donors (Lipinski definition) is 1. The van der Waals surface area contributed by atoms with Gasteiger partial charge in [-0.15, -0.1) is 0 Å². The molecule has 34 heavy (non-hydrogen) atoms. The van der Waals surface area contributed by atoms with Crippen LogP contribution in [0.5, 0.6) is 5.75 Å². The smallest absolute Gasteiger partial charge is 0.336 e. The van der Waals surface area contributed by atoms with Crippen molar-refractivity contribution in [3.8, 4) is 5.75 Å². The van der Waals surface area contributed by atoms with Gasteiger partial charge in [0.1, 0.15) is 17.4 Å². The van der Waals surface area contributed by atoms with Gasteiger partial charge in [-0.3, -0.25) is 0 Å². The quantitative estimate of drug-likeness (QED) is 0.269. The van der Waals surface area contributed by atoms with E-state index in [-0.39, 0.29) is 16.6 Å². The molecule has 2 unspecified atom stereocenters. The molecule has 0 aliphatic carbocycles. The summed E-state index contributed by atoms with van der Waals surface area (Å²) >= 11 is 0. The maximum atomic E-state index is 13.2. The van der Waals surface area contributed by atoms with E-state index < -0.39 is 27.7 Å². The van der Waals surface area contributed by atoms with Gasteiger partial charge in [-0.2, -0.15) is 4.72 Å². The summed E-state index contributed by atoms with van der Waals surface area (Å²) in [5.41, 5.74) is 2.20. The van der Waals surface area contributed by atoms with Gasteiger partial charge in [0.25, 0.3) is 0 Å². The number of carbonyl (C=O) groups excluding carboxylic acids is 1. The molecule has 7 nitrogen and oxygen atoms in total. The van der Waals surface area contributed by atoms with Gasteiger partial charge in [0, 0.05) is 17.0 Å². The number of carbonyl (C=O) groups is 1. The predicted octanol–water partition coefficient (Wildman–Crippen LogP) is 4.66. The van der Waals surface area contributed by atoms with Crippen molar-refractivity contribution >= 4 is 27.0 Å². The monoisotopic (exact) mass is 485 g/mol. The molecule has 0 fully saturated rings. The second kappa shape index (κ2) is 10.5. The van der Waals surface area contributed by atoms with Crippen LogP contribution in [0.25, 0.3) is 11.0 Å². The fourth-order valence-electron chi connectivity index (χ4n) is 3.75. The molecule has 3 aromatic rings. The molecule has 0 saturated heterocycles. The fraction of sp³-hybridized carbons (Fsp3) is 0.385. The van der Waals surface area contributed by atoms with Crippen LogP contribution in [0, 0.1) is 19.8 Å². The molecule has 1 aromatic heterocycles. The van der Waals surface area contributed by atoms with Crippen molar-refractivity contribution in [2.45, 2.75) is 64.8 Å². The van der Waals surface area contributed by atoms with Crippen LogP contribution >= 0.6 is 0 Å². The SMILES string of the molecule is CCCc1cc(=O)oc2c(C)c(OC(=O)C(NS(=O)(=O)c3ccc(C)cc3)C(C)CC)ccc12. The average Bonchev–Trinajstić information content (AvgIpc) is 2.79. The molecule has 0 amide bonds. The van der Waals surface area contributed by atoms with Crippen molar-refractivity contribution in [2.75, 3.05) is 0 Å². The van der Waals surface area contributed by atoms with Crippen molar-refractivity contribution in [1.82, 2.24) is 4.72 Å². The van der Waals surface area contributed by atoms with Crippen molar-refractivity contribution in [1.29, 1.82) is 0 Å². The molecule has 1 N–H and O–H groups in total. The number of esters is 1. The Morgan fingerprint density at radius 3 is 2.38 bits per heavy atom. The minimum absolute atomic E-state index is 0.0753. The lowest BCUT2D eigenvalue weighted by Crippen LogP contribution is -2.47. The topological polar surface area (TPSA) is 103 Å². The Bertz CT molecular complexity index is 1340. The second-order valence-electron chi connectivity index (χ2n) is 8.62. The van der Waals surface area contributed by atoms with Gasteiger partial charge in [-0.1, -0.05) is 51.3 Å². The van der Waals surface area contributed by atoms with E-state index in [9.17, 15) is 18.0 Å². The number of ether oxygens (including phenoxy) is 1. The van der Waals surface area contributed by atoms with Crippen LogP contribution in [0.3, 0.4) is 0 Å². The summed E-state index contributed by atoms with van der Waals surface area (Å²) in [6, 6.07) is 10.2. The maximum absolute atomic E-state index is 13.2. The Hall–Kier alpha value is -2.97. The lowest BCUT2D eigenvalue weighted by atomic mass is 10.00. The van der Waals surface area contributed by atoms with Crippen molar-refractivity contribution < 1.29 is 22.4 Å². The van der Waals surface area contributed by atoms with E-state index >= 15 is 0 Å². The first kappa shape index (κ1) is 25.6. The van der Waals surface area contributed by atoms with E-state index in [2.05, 4.69) is 4.72 Å². The van der Waals surface area contributed by atoms with E-state index in [0.717, 1.165) is 29.4 Å². The van der Waals surface area contributed by atoms with Gasteiger partial charge >= 0.3 is 11.6 Å². The first-order chi connectivity index (χ1) is 16.1. The third-order valence-corrected chi connectivity index (χ3v) is 7.46. The van der Waals surface area contributed by atoms with Crippen LogP contribution in [0.2, 0.25) is 0 Å². The number of sulfonamides is 1. The van der Waals surface area contributed by atoms with E-state index in [4.69, 9.17) is 9.15 Å². The molecule has 1 heterocycles. The van der Waals surface area contributed by atoms with Gasteiger partial charge in [-0.25, -0.2) is 18.0 Å². The van der Waals surface area contributed by atoms with Gasteiger partial charge in [0.05, 0.1) is 4.90 Å². The zero-order valence-corrected chi connectivity index (χ0v) is 21.0. The number of rotatable bonds is 9. The highest BCUT2D eigenvalue weighted by Crippen LogP contribution is 2.29. The first-order valence-corrected chi connectivity index (χ1v) is 12.9. The zero-order valence-electron chi connectivity index (χ0n) is 20.2. The molecule has 0 radical (unpaired) electrons. The molecule has 0 aliphatic heterocycles. The van der Waals surface area contributed by atoms with Crippen LogP contribution in [0.1, 0.15) is 50.3 Å². The van der Waals surface area contributed by atoms with E-state index in [1.807, 2.05) is 20.8 Å². The Morgan fingerprint density at radius 2 is 1.76 bits per heavy atom. The molecule has 2 aromatic carbocycles. The summed E-state index contributed by atoms with van der Waals surface area (Å²) in [6.07, 6.45) is 2.14. The third kappa shape index (κ3) is 5.56. The normalized spacial score (nSPS) is 13.6. The van der Waals surface area contributed by atoms with E-state index in [1.165, 1.54) is 18.2 Å². The van der Waals surface area contributed by atoms with Gasteiger partial charge in [0.15, 0.2) is 0 Å². The standard InChI is InChI=1S/C26H31NO6S/c1-6-8-19-15-23(28)33-25-18(5)22(14-13-21(19)25)32-26(29)24(17(4)7-2)27-34(30,31)20-11-9-16(3)10-12-20/h9-15,17,24,27H,6-8H2,1-5H3. The van der Waals surface area contributed by atoms with Crippen molar-refractivity contribution in [3.63, 3.8) is 0 Å². The summed E-state index contributed by atoms with van der Waals surface area (Å²) in [7, 11) is -3.94. The lowest BCUT2D eigenvalue weighted by Gasteiger charge is -2.23. The first-order valence-electron chi connectivity index (χ1n) is 11.4. The fourth-order valence-corrected chi connectivity index (χ4v) is 5.04. The molecule has 0 aliphatic rings. The molecule has 3 rings (SSSR count). The average molecular weight is 486 g/mol. The summed E-state index contributed by atoms with van der Waals surface area (Å²) in [4.78, 5) is 25.3. The maximum Gasteiger partial charge on any atom is 0.336 e. The Balaban J connectivity index is 1.93. The summed E-state index contributed by atoms with van der Waals surface area (Å²) < 4.78 is 39.5. The summed E-state index contributed by atoms with van der Waals surface area (Å²) in [6.45, 7) is 9.25. The Kier molecular flexibility index (Phi) is 7.94.